The smallest absolute Gasteiger partial charge is 0.251 e. The molecule has 0 aromatic heterocycles. The van der Waals surface area contributed by atoms with Gasteiger partial charge in [0.15, 0.2) is 10.6 Å². The highest BCUT2D eigenvalue weighted by molar-refractivity contribution is 7.97. The van der Waals surface area contributed by atoms with Crippen LogP contribution >= 0.6 is 0 Å². The summed E-state index contributed by atoms with van der Waals surface area (Å²) >= 11 is 0. The van der Waals surface area contributed by atoms with Crippen LogP contribution in [0, 0.1) is 0 Å². The Morgan fingerprint density at radius 3 is 1.95 bits per heavy atom. The van der Waals surface area contributed by atoms with E-state index < -0.39 is 16.9 Å². The van der Waals surface area contributed by atoms with E-state index in [4.69, 9.17) is 0 Å². The first-order chi connectivity index (χ1) is 10.8. The van der Waals surface area contributed by atoms with E-state index in [0.29, 0.717) is 5.56 Å². The lowest BCUT2D eigenvalue weighted by atomic mass is 10.2. The number of carbonyl (C=O) groups excluding carboxylic acids is 1. The predicted octanol–water partition coefficient (Wildman–Crippen LogP) is 4.58. The molecular formula is C19H16FOS+. The second-order valence-electron chi connectivity index (χ2n) is 5.05. The molecule has 0 heterocycles. The van der Waals surface area contributed by atoms with Crippen molar-refractivity contribution in [2.45, 2.75) is 4.90 Å². The van der Waals surface area contributed by atoms with Gasteiger partial charge in [0.1, 0.15) is 0 Å². The molecule has 3 heteroatoms. The Morgan fingerprint density at radius 1 is 0.864 bits per heavy atom. The number of hydrogen-bond acceptors (Lipinski definition) is 1. The predicted molar refractivity (Wildman–Crippen MR) is 90.3 cm³/mol. The maximum atomic E-state index is 13.5. The summed E-state index contributed by atoms with van der Waals surface area (Å²) in [6.45, 7) is 0. The maximum absolute atomic E-state index is 13.5. The molecule has 0 radical (unpaired) electrons. The molecule has 0 bridgehead atoms. The Hall–Kier alpha value is -2.13. The fraction of sp³-hybridized carbons (Fsp3) is 0.105. The molecule has 1 aromatic carbocycles. The monoisotopic (exact) mass is 311 g/mol. The molecule has 0 spiro atoms. The third-order valence-electron chi connectivity index (χ3n) is 3.57. The number of alkyl halides is 1. The summed E-state index contributed by atoms with van der Waals surface area (Å²) < 4.78 is 13.5. The van der Waals surface area contributed by atoms with Crippen molar-refractivity contribution in [1.82, 2.24) is 0 Å². The first-order valence-electron chi connectivity index (χ1n) is 7.08. The number of benzene rings is 1. The molecule has 110 valence electrons. The summed E-state index contributed by atoms with van der Waals surface area (Å²) in [5, 5.41) is 0. The van der Waals surface area contributed by atoms with Gasteiger partial charge in [-0.3, -0.25) is 4.79 Å². The van der Waals surface area contributed by atoms with E-state index >= 15 is 0 Å². The molecule has 0 saturated carbocycles. The van der Waals surface area contributed by atoms with Crippen molar-refractivity contribution in [2.75, 3.05) is 11.8 Å². The maximum Gasteiger partial charge on any atom is 0.251 e. The highest BCUT2D eigenvalue weighted by Gasteiger charge is 2.28. The summed E-state index contributed by atoms with van der Waals surface area (Å²) in [6, 6.07) is 22.5. The van der Waals surface area contributed by atoms with E-state index in [1.54, 1.807) is 12.1 Å². The zero-order chi connectivity index (χ0) is 15.4. The zero-order valence-electron chi connectivity index (χ0n) is 12.0. The number of halogens is 1. The molecule has 1 aromatic rings. The molecule has 2 aliphatic rings. The van der Waals surface area contributed by atoms with Crippen molar-refractivity contribution < 1.29 is 9.18 Å². The van der Waals surface area contributed by atoms with Crippen LogP contribution in [0.2, 0.25) is 0 Å². The Labute approximate surface area is 132 Å². The summed E-state index contributed by atoms with van der Waals surface area (Å²) in [4.78, 5) is 13.2. The fourth-order valence-electron chi connectivity index (χ4n) is 2.40. The van der Waals surface area contributed by atoms with Gasteiger partial charge in [-0.05, 0) is 11.1 Å². The lowest BCUT2D eigenvalue weighted by Gasteiger charge is -2.02. The lowest BCUT2D eigenvalue weighted by Crippen LogP contribution is -2.17. The van der Waals surface area contributed by atoms with E-state index in [1.165, 1.54) is 0 Å². The Kier molecular flexibility index (Phi) is 4.54. The van der Waals surface area contributed by atoms with Crippen molar-refractivity contribution in [2.24, 2.45) is 0 Å². The van der Waals surface area contributed by atoms with Gasteiger partial charge in [-0.2, -0.15) is 4.39 Å². The molecule has 2 aliphatic carbocycles. The van der Waals surface area contributed by atoms with Gasteiger partial charge >= 0.3 is 0 Å². The minimum absolute atomic E-state index is 0.00241. The minimum Gasteiger partial charge on any atom is -0.289 e. The van der Waals surface area contributed by atoms with E-state index in [2.05, 4.69) is 0 Å². The van der Waals surface area contributed by atoms with Gasteiger partial charge in [0.2, 0.25) is 5.78 Å². The number of rotatable bonds is 5. The second kappa shape index (κ2) is 6.75. The molecule has 0 aliphatic heterocycles. The quantitative estimate of drug-likeness (QED) is 0.498. The molecule has 1 nitrogen and oxygen atoms in total. The first kappa shape index (κ1) is 14.8. The van der Waals surface area contributed by atoms with E-state index in [1.807, 2.05) is 60.7 Å². The third kappa shape index (κ3) is 3.20. The van der Waals surface area contributed by atoms with E-state index in [0.717, 1.165) is 16.0 Å². The van der Waals surface area contributed by atoms with Crippen LogP contribution in [-0.2, 0) is 10.9 Å². The summed E-state index contributed by atoms with van der Waals surface area (Å²) in [5.41, 5.74) is 2.81. The summed E-state index contributed by atoms with van der Waals surface area (Å²) in [7, 11) is -0.690. The van der Waals surface area contributed by atoms with E-state index in [9.17, 15) is 9.18 Å². The largest absolute Gasteiger partial charge is 0.289 e. The first-order valence-corrected chi connectivity index (χ1v) is 8.65. The van der Waals surface area contributed by atoms with Crippen molar-refractivity contribution in [3.63, 3.8) is 0 Å². The highest BCUT2D eigenvalue weighted by Crippen LogP contribution is 2.29. The SMILES string of the molecule is O=C(C[S+](CF)c1cc2cccccc-2c1)c1ccccc1. The molecular weight excluding hydrogens is 295 g/mol. The van der Waals surface area contributed by atoms with Crippen molar-refractivity contribution in [3.8, 4) is 11.1 Å². The van der Waals surface area contributed by atoms with Gasteiger partial charge in [-0.15, -0.1) is 0 Å². The second-order valence-corrected chi connectivity index (χ2v) is 7.01. The molecule has 0 amide bonds. The van der Waals surface area contributed by atoms with Gasteiger partial charge in [0.05, 0.1) is 10.9 Å². The van der Waals surface area contributed by atoms with Crippen LogP contribution in [0.25, 0.3) is 11.1 Å². The average Bonchev–Trinajstić information content (AvgIpc) is 2.83. The van der Waals surface area contributed by atoms with Crippen LogP contribution in [0.4, 0.5) is 4.39 Å². The van der Waals surface area contributed by atoms with Gasteiger partial charge < -0.3 is 0 Å². The minimum atomic E-state index is -0.690. The van der Waals surface area contributed by atoms with Crippen molar-refractivity contribution >= 4 is 16.7 Å². The molecule has 3 rings (SSSR count). The van der Waals surface area contributed by atoms with Crippen molar-refractivity contribution in [1.29, 1.82) is 0 Å². The van der Waals surface area contributed by atoms with Crippen LogP contribution in [-0.4, -0.2) is 17.5 Å². The zero-order valence-corrected chi connectivity index (χ0v) is 12.9. The molecule has 1 atom stereocenters. The van der Waals surface area contributed by atoms with Crippen LogP contribution in [0.15, 0.2) is 77.7 Å². The van der Waals surface area contributed by atoms with Gasteiger partial charge in [-0.1, -0.05) is 60.7 Å². The van der Waals surface area contributed by atoms with Gasteiger partial charge in [0.25, 0.3) is 6.01 Å². The number of Topliss-reactive ketones (excluding diaryl/α,β-unsaturated/α-hetero) is 1. The van der Waals surface area contributed by atoms with Crippen LogP contribution in [0.3, 0.4) is 0 Å². The normalized spacial score (nSPS) is 12.2. The third-order valence-corrected chi connectivity index (χ3v) is 5.35. The standard InChI is InChI=1S/C19H16FOS/c20-14-22(13-19(21)15-7-3-1-4-8-15)18-11-16-9-5-2-6-10-17(16)12-18/h1-12H,13-14H2/q+1. The van der Waals surface area contributed by atoms with Crippen LogP contribution < -0.4 is 0 Å². The molecule has 22 heavy (non-hydrogen) atoms. The molecule has 0 saturated heterocycles. The summed E-state index contributed by atoms with van der Waals surface area (Å²) in [6.07, 6.45) is 0. The topological polar surface area (TPSA) is 17.1 Å². The van der Waals surface area contributed by atoms with Crippen LogP contribution in [0.1, 0.15) is 10.4 Å². The fourth-order valence-corrected chi connectivity index (χ4v) is 3.84. The molecule has 0 fully saturated rings. The van der Waals surface area contributed by atoms with Gasteiger partial charge in [-0.25, -0.2) is 0 Å². The Morgan fingerprint density at radius 2 is 1.41 bits per heavy atom. The van der Waals surface area contributed by atoms with Crippen molar-refractivity contribution in [3.05, 3.63) is 78.4 Å². The number of carbonyl (C=O) groups is 1. The Balaban J connectivity index is 1.84. The van der Waals surface area contributed by atoms with E-state index in [-0.39, 0.29) is 11.5 Å². The molecule has 1 unspecified atom stereocenters. The number of fused-ring (bicyclic) bond motifs is 1. The van der Waals surface area contributed by atoms with Crippen LogP contribution in [0.5, 0.6) is 0 Å². The number of ketones is 1. The Bertz CT molecular complexity index is 711. The summed E-state index contributed by atoms with van der Waals surface area (Å²) in [5.74, 6) is 0.223. The van der Waals surface area contributed by atoms with Gasteiger partial charge in [0, 0.05) is 17.7 Å². The number of hydrogen-bond donors (Lipinski definition) is 0. The lowest BCUT2D eigenvalue weighted by molar-refractivity contribution is 0.102. The average molecular weight is 311 g/mol. The molecule has 0 N–H and O–H groups in total. The highest BCUT2D eigenvalue weighted by atomic mass is 32.2.